The minimum absolute atomic E-state index is 0. The van der Waals surface area contributed by atoms with Crippen LogP contribution in [0.5, 0.6) is 5.75 Å². The van der Waals surface area contributed by atoms with Gasteiger partial charge >= 0.3 is 0 Å². The Hall–Kier alpha value is -1.59. The number of aliphatic hydroxyl groups is 1. The molecule has 23 heavy (non-hydrogen) atoms. The molecule has 0 saturated heterocycles. The van der Waals surface area contributed by atoms with Gasteiger partial charge in [0, 0.05) is 6.42 Å². The lowest BCUT2D eigenvalue weighted by Crippen LogP contribution is -2.43. The molecule has 0 aliphatic carbocycles. The number of likely N-dealkylation sites (N-methyl/N-ethyl adjacent to an activating group) is 1. The van der Waals surface area contributed by atoms with Crippen LogP contribution in [0.15, 0.2) is 60.0 Å². The van der Waals surface area contributed by atoms with Gasteiger partial charge in [-0.15, -0.1) is 23.7 Å². The lowest BCUT2D eigenvalue weighted by atomic mass is 10.1. The summed E-state index contributed by atoms with van der Waals surface area (Å²) in [6.07, 6.45) is -0.525. The predicted octanol–water partition coefficient (Wildman–Crippen LogP) is 3.85. The SMILES string of the molecule is CNC(Oc1cccc2ccsc12)[C@H](O)Cc1ccccc1.Cl. The number of aliphatic hydroxyl groups excluding tert-OH is 1. The Labute approximate surface area is 146 Å². The van der Waals surface area contributed by atoms with Crippen molar-refractivity contribution in [1.29, 1.82) is 0 Å². The van der Waals surface area contributed by atoms with Gasteiger partial charge in [0.2, 0.25) is 0 Å². The molecule has 0 saturated carbocycles. The van der Waals surface area contributed by atoms with Crippen molar-refractivity contribution >= 4 is 33.8 Å². The number of hydrogen-bond donors (Lipinski definition) is 2. The van der Waals surface area contributed by atoms with E-state index in [0.717, 1.165) is 21.4 Å². The molecule has 1 unspecified atom stereocenters. The largest absolute Gasteiger partial charge is 0.471 e. The molecule has 5 heteroatoms. The second-order valence-corrected chi connectivity index (χ2v) is 6.10. The van der Waals surface area contributed by atoms with Crippen molar-refractivity contribution in [3.05, 3.63) is 65.5 Å². The summed E-state index contributed by atoms with van der Waals surface area (Å²) in [5, 5.41) is 16.7. The maximum Gasteiger partial charge on any atom is 0.176 e. The van der Waals surface area contributed by atoms with Crippen LogP contribution in [0.4, 0.5) is 0 Å². The second-order valence-electron chi connectivity index (χ2n) is 5.18. The zero-order valence-corrected chi connectivity index (χ0v) is 14.4. The topological polar surface area (TPSA) is 41.5 Å². The number of rotatable bonds is 6. The van der Waals surface area contributed by atoms with Gasteiger partial charge in [-0.1, -0.05) is 42.5 Å². The first-order valence-electron chi connectivity index (χ1n) is 7.30. The number of halogens is 1. The van der Waals surface area contributed by atoms with Gasteiger partial charge in [0.25, 0.3) is 0 Å². The van der Waals surface area contributed by atoms with E-state index in [1.807, 2.05) is 47.8 Å². The summed E-state index contributed by atoms with van der Waals surface area (Å²) in [6.45, 7) is 0. The smallest absolute Gasteiger partial charge is 0.176 e. The number of thiophene rings is 1. The van der Waals surface area contributed by atoms with Gasteiger partial charge in [-0.3, -0.25) is 5.32 Å². The van der Waals surface area contributed by atoms with Gasteiger partial charge in [-0.05, 0) is 35.5 Å². The van der Waals surface area contributed by atoms with E-state index in [1.165, 1.54) is 0 Å². The Balaban J connectivity index is 0.00000192. The average Bonchev–Trinajstić information content (AvgIpc) is 3.02. The summed E-state index contributed by atoms with van der Waals surface area (Å²) < 4.78 is 7.12. The zero-order chi connectivity index (χ0) is 15.4. The Morgan fingerprint density at radius 3 is 2.61 bits per heavy atom. The predicted molar refractivity (Wildman–Crippen MR) is 98.7 cm³/mol. The van der Waals surface area contributed by atoms with Crippen molar-refractivity contribution in [2.24, 2.45) is 0 Å². The number of nitrogens with one attached hydrogen (secondary N) is 1. The quantitative estimate of drug-likeness (QED) is 0.664. The summed E-state index contributed by atoms with van der Waals surface area (Å²) >= 11 is 1.65. The molecule has 3 aromatic rings. The van der Waals surface area contributed by atoms with Crippen LogP contribution in [0.3, 0.4) is 0 Å². The summed E-state index contributed by atoms with van der Waals surface area (Å²) in [5.41, 5.74) is 1.09. The highest BCUT2D eigenvalue weighted by Crippen LogP contribution is 2.31. The number of hydrogen-bond acceptors (Lipinski definition) is 4. The molecule has 0 spiro atoms. The van der Waals surface area contributed by atoms with Crippen molar-refractivity contribution in [3.63, 3.8) is 0 Å². The van der Waals surface area contributed by atoms with E-state index < -0.39 is 12.3 Å². The summed E-state index contributed by atoms with van der Waals surface area (Å²) in [6, 6.07) is 18.0. The molecule has 2 atom stereocenters. The van der Waals surface area contributed by atoms with Gasteiger partial charge < -0.3 is 9.84 Å². The molecule has 0 amide bonds. The number of benzene rings is 2. The van der Waals surface area contributed by atoms with Gasteiger partial charge in [0.1, 0.15) is 11.9 Å². The fraction of sp³-hybridized carbons (Fsp3) is 0.222. The van der Waals surface area contributed by atoms with E-state index in [-0.39, 0.29) is 12.4 Å². The van der Waals surface area contributed by atoms with Crippen LogP contribution >= 0.6 is 23.7 Å². The zero-order valence-electron chi connectivity index (χ0n) is 12.8. The standard InChI is InChI=1S/C18H19NO2S.ClH/c1-19-18(15(20)12-13-6-3-2-4-7-13)21-16-9-5-8-14-10-11-22-17(14)16;/h2-11,15,18-20H,12H2,1H3;1H/t15-,18?;/m1./s1. The first kappa shape index (κ1) is 17.8. The molecule has 1 heterocycles. The van der Waals surface area contributed by atoms with Crippen LogP contribution < -0.4 is 10.1 Å². The van der Waals surface area contributed by atoms with Crippen LogP contribution in [0.2, 0.25) is 0 Å². The Morgan fingerprint density at radius 2 is 1.87 bits per heavy atom. The van der Waals surface area contributed by atoms with E-state index in [2.05, 4.69) is 17.4 Å². The molecule has 1 aromatic heterocycles. The maximum absolute atomic E-state index is 10.5. The third kappa shape index (κ3) is 4.24. The van der Waals surface area contributed by atoms with Crippen LogP contribution in [0.25, 0.3) is 10.1 Å². The highest BCUT2D eigenvalue weighted by molar-refractivity contribution is 7.17. The molecule has 0 aliphatic heterocycles. The van der Waals surface area contributed by atoms with Gasteiger partial charge in [-0.2, -0.15) is 0 Å². The minimum atomic E-state index is -0.623. The normalized spacial score (nSPS) is 13.3. The average molecular weight is 350 g/mol. The van der Waals surface area contributed by atoms with Crippen molar-refractivity contribution in [2.75, 3.05) is 7.05 Å². The van der Waals surface area contributed by atoms with Crippen LogP contribution in [0, 0.1) is 0 Å². The fourth-order valence-corrected chi connectivity index (χ4v) is 3.34. The van der Waals surface area contributed by atoms with E-state index in [0.29, 0.717) is 6.42 Å². The molecule has 3 rings (SSSR count). The van der Waals surface area contributed by atoms with Crippen molar-refractivity contribution in [1.82, 2.24) is 5.32 Å². The summed E-state index contributed by atoms with van der Waals surface area (Å²) in [5.74, 6) is 0.805. The first-order chi connectivity index (χ1) is 10.8. The lowest BCUT2D eigenvalue weighted by molar-refractivity contribution is 0.0217. The van der Waals surface area contributed by atoms with E-state index in [1.54, 1.807) is 18.4 Å². The van der Waals surface area contributed by atoms with E-state index >= 15 is 0 Å². The summed E-state index contributed by atoms with van der Waals surface area (Å²) in [7, 11) is 1.80. The summed E-state index contributed by atoms with van der Waals surface area (Å²) in [4.78, 5) is 0. The number of fused-ring (bicyclic) bond motifs is 1. The van der Waals surface area contributed by atoms with Crippen molar-refractivity contribution < 1.29 is 9.84 Å². The molecule has 3 nitrogen and oxygen atoms in total. The number of ether oxygens (including phenoxy) is 1. The third-order valence-corrected chi connectivity index (χ3v) is 4.56. The van der Waals surface area contributed by atoms with Gasteiger partial charge in [0.15, 0.2) is 6.23 Å². The molecule has 2 aromatic carbocycles. The van der Waals surface area contributed by atoms with Gasteiger partial charge in [-0.25, -0.2) is 0 Å². The van der Waals surface area contributed by atoms with Gasteiger partial charge in [0.05, 0.1) is 4.70 Å². The van der Waals surface area contributed by atoms with Crippen molar-refractivity contribution in [3.8, 4) is 5.75 Å². The monoisotopic (exact) mass is 349 g/mol. The van der Waals surface area contributed by atoms with E-state index in [9.17, 15) is 5.11 Å². The molecule has 0 aliphatic rings. The molecular weight excluding hydrogens is 330 g/mol. The highest BCUT2D eigenvalue weighted by Gasteiger charge is 2.20. The Morgan fingerprint density at radius 1 is 1.09 bits per heavy atom. The second kappa shape index (κ2) is 8.31. The van der Waals surface area contributed by atoms with Crippen LogP contribution in [0.1, 0.15) is 5.56 Å². The first-order valence-corrected chi connectivity index (χ1v) is 8.18. The molecular formula is C18H20ClNO2S. The molecule has 0 fully saturated rings. The van der Waals surface area contributed by atoms with Crippen molar-refractivity contribution in [2.45, 2.75) is 18.8 Å². The highest BCUT2D eigenvalue weighted by atomic mass is 35.5. The Bertz CT molecular complexity index is 732. The minimum Gasteiger partial charge on any atom is -0.471 e. The fourth-order valence-electron chi connectivity index (χ4n) is 2.49. The van der Waals surface area contributed by atoms with Crippen LogP contribution in [-0.4, -0.2) is 24.5 Å². The molecule has 0 bridgehead atoms. The lowest BCUT2D eigenvalue weighted by Gasteiger charge is -2.24. The molecule has 2 N–H and O–H groups in total. The Kier molecular flexibility index (Phi) is 6.42. The molecule has 0 radical (unpaired) electrons. The molecule has 122 valence electrons. The maximum atomic E-state index is 10.5. The van der Waals surface area contributed by atoms with E-state index in [4.69, 9.17) is 4.74 Å². The third-order valence-electron chi connectivity index (χ3n) is 3.62. The van der Waals surface area contributed by atoms with Crippen LogP contribution in [-0.2, 0) is 6.42 Å².